The maximum Gasteiger partial charge on any atom is 0.359 e. The molecule has 0 fully saturated rings. The van der Waals surface area contributed by atoms with Crippen molar-refractivity contribution >= 4 is 21.7 Å². The number of benzene rings is 1. The highest BCUT2D eigenvalue weighted by atomic mass is 79.9. The van der Waals surface area contributed by atoms with E-state index in [0.29, 0.717) is 11.0 Å². The first-order chi connectivity index (χ1) is 8.61. The largest absolute Gasteiger partial charge is 0.497 e. The molecule has 1 aromatic heterocycles. The van der Waals surface area contributed by atoms with Crippen LogP contribution in [0.15, 0.2) is 34.9 Å². The summed E-state index contributed by atoms with van der Waals surface area (Å²) in [4.78, 5) is 10.4. The highest BCUT2D eigenvalue weighted by Gasteiger charge is 2.20. The Morgan fingerprint density at radius 2 is 2.11 bits per heavy atom. The van der Waals surface area contributed by atoms with Gasteiger partial charge in [0.05, 0.1) is 13.3 Å². The first-order valence-electron chi connectivity index (χ1n) is 5.10. The number of halogens is 1. The Balaban J connectivity index is 2.25. The number of nitrogens with zero attached hydrogens (tertiary/aromatic N) is 3. The average Bonchev–Trinajstić information content (AvgIpc) is 2.71. The van der Waals surface area contributed by atoms with Crippen LogP contribution in [0.25, 0.3) is 0 Å². The summed E-state index contributed by atoms with van der Waals surface area (Å²) >= 11 is 3.11. The van der Waals surface area contributed by atoms with Crippen LogP contribution in [-0.4, -0.2) is 21.8 Å². The SMILES string of the molecule is COc1ccc(Cn2ncc(Br)c2[N+](=O)[O-])cc1. The Morgan fingerprint density at radius 1 is 1.44 bits per heavy atom. The van der Waals surface area contributed by atoms with E-state index in [1.807, 2.05) is 12.1 Å². The molecule has 1 heterocycles. The van der Waals surface area contributed by atoms with Gasteiger partial charge < -0.3 is 14.9 Å². The molecule has 2 aromatic rings. The van der Waals surface area contributed by atoms with Crippen molar-refractivity contribution in [3.8, 4) is 5.75 Å². The van der Waals surface area contributed by atoms with Gasteiger partial charge in [-0.15, -0.1) is 4.68 Å². The van der Waals surface area contributed by atoms with Crippen LogP contribution < -0.4 is 4.74 Å². The second-order valence-corrected chi connectivity index (χ2v) is 4.43. The topological polar surface area (TPSA) is 70.2 Å². The monoisotopic (exact) mass is 311 g/mol. The van der Waals surface area contributed by atoms with Gasteiger partial charge in [-0.2, -0.15) is 0 Å². The number of hydrogen-bond donors (Lipinski definition) is 0. The van der Waals surface area contributed by atoms with Crippen LogP contribution in [0.3, 0.4) is 0 Å². The van der Waals surface area contributed by atoms with Gasteiger partial charge >= 0.3 is 5.82 Å². The number of nitro groups is 1. The first kappa shape index (κ1) is 12.6. The van der Waals surface area contributed by atoms with Crippen LogP contribution in [-0.2, 0) is 6.54 Å². The van der Waals surface area contributed by atoms with Crippen molar-refractivity contribution in [3.05, 3.63) is 50.6 Å². The molecule has 0 atom stereocenters. The van der Waals surface area contributed by atoms with E-state index < -0.39 is 4.92 Å². The number of methoxy groups -OCH3 is 1. The van der Waals surface area contributed by atoms with Crippen LogP contribution in [0.5, 0.6) is 5.75 Å². The third-order valence-electron chi connectivity index (χ3n) is 2.43. The van der Waals surface area contributed by atoms with Gasteiger partial charge in [0, 0.05) is 0 Å². The highest BCUT2D eigenvalue weighted by Crippen LogP contribution is 2.24. The molecule has 1 aromatic carbocycles. The lowest BCUT2D eigenvalue weighted by Gasteiger charge is -2.02. The molecule has 0 saturated heterocycles. The van der Waals surface area contributed by atoms with E-state index in [0.717, 1.165) is 11.3 Å². The lowest BCUT2D eigenvalue weighted by molar-refractivity contribution is -0.393. The summed E-state index contributed by atoms with van der Waals surface area (Å²) in [6.45, 7) is 0.339. The molecule has 2 rings (SSSR count). The first-order valence-corrected chi connectivity index (χ1v) is 5.89. The maximum atomic E-state index is 10.9. The van der Waals surface area contributed by atoms with Gasteiger partial charge in [0.15, 0.2) is 0 Å². The molecule has 0 bridgehead atoms. The standard InChI is InChI=1S/C11H10BrN3O3/c1-18-9-4-2-8(3-5-9)7-14-11(15(16)17)10(12)6-13-14/h2-6H,7H2,1H3. The Bertz CT molecular complexity index is 565. The Hall–Kier alpha value is -1.89. The van der Waals surface area contributed by atoms with Crippen LogP contribution in [0.1, 0.15) is 5.56 Å². The van der Waals surface area contributed by atoms with Gasteiger partial charge in [0.2, 0.25) is 0 Å². The fraction of sp³-hybridized carbons (Fsp3) is 0.182. The molecule has 0 saturated carbocycles. The molecule has 0 spiro atoms. The third-order valence-corrected chi connectivity index (χ3v) is 2.99. The average molecular weight is 312 g/mol. The Labute approximate surface area is 111 Å². The summed E-state index contributed by atoms with van der Waals surface area (Å²) in [6.07, 6.45) is 1.42. The molecule has 0 amide bonds. The van der Waals surface area contributed by atoms with Gasteiger partial charge in [-0.25, -0.2) is 0 Å². The molecule has 18 heavy (non-hydrogen) atoms. The van der Waals surface area contributed by atoms with Crippen molar-refractivity contribution in [2.24, 2.45) is 0 Å². The van der Waals surface area contributed by atoms with E-state index in [1.165, 1.54) is 10.9 Å². The lowest BCUT2D eigenvalue weighted by atomic mass is 10.2. The van der Waals surface area contributed by atoms with E-state index in [-0.39, 0.29) is 5.82 Å². The molecule has 0 aliphatic rings. The minimum absolute atomic E-state index is 0.0502. The second kappa shape index (κ2) is 5.18. The zero-order chi connectivity index (χ0) is 13.1. The van der Waals surface area contributed by atoms with E-state index in [9.17, 15) is 10.1 Å². The number of aromatic nitrogens is 2. The predicted molar refractivity (Wildman–Crippen MR) is 68.7 cm³/mol. The van der Waals surface area contributed by atoms with Crippen LogP contribution in [0.4, 0.5) is 5.82 Å². The lowest BCUT2D eigenvalue weighted by Crippen LogP contribution is -2.06. The minimum Gasteiger partial charge on any atom is -0.497 e. The number of ether oxygens (including phenoxy) is 1. The van der Waals surface area contributed by atoms with Crippen molar-refractivity contribution in [1.29, 1.82) is 0 Å². The summed E-state index contributed by atoms with van der Waals surface area (Å²) in [7, 11) is 1.59. The van der Waals surface area contributed by atoms with Crippen molar-refractivity contribution in [2.45, 2.75) is 6.54 Å². The van der Waals surface area contributed by atoms with Gasteiger partial charge in [0.1, 0.15) is 16.8 Å². The van der Waals surface area contributed by atoms with Crippen molar-refractivity contribution in [3.63, 3.8) is 0 Å². The molecule has 0 unspecified atom stereocenters. The zero-order valence-corrected chi connectivity index (χ0v) is 11.1. The summed E-state index contributed by atoms with van der Waals surface area (Å²) in [5.41, 5.74) is 0.912. The summed E-state index contributed by atoms with van der Waals surface area (Å²) in [5, 5.41) is 14.9. The number of rotatable bonds is 4. The zero-order valence-electron chi connectivity index (χ0n) is 9.54. The predicted octanol–water partition coefficient (Wildman–Crippen LogP) is 2.61. The van der Waals surface area contributed by atoms with Crippen LogP contribution in [0, 0.1) is 10.1 Å². The third kappa shape index (κ3) is 2.51. The second-order valence-electron chi connectivity index (χ2n) is 3.58. The van der Waals surface area contributed by atoms with Crippen LogP contribution in [0.2, 0.25) is 0 Å². The molecule has 0 aliphatic heterocycles. The number of hydrogen-bond acceptors (Lipinski definition) is 4. The molecular formula is C11H10BrN3O3. The minimum atomic E-state index is -0.458. The fourth-order valence-corrected chi connectivity index (χ4v) is 2.00. The van der Waals surface area contributed by atoms with Crippen LogP contribution >= 0.6 is 15.9 Å². The quantitative estimate of drug-likeness (QED) is 0.643. The van der Waals surface area contributed by atoms with E-state index >= 15 is 0 Å². The molecule has 94 valence electrons. The van der Waals surface area contributed by atoms with E-state index in [4.69, 9.17) is 4.74 Å². The summed E-state index contributed by atoms with van der Waals surface area (Å²) in [5.74, 6) is 0.695. The van der Waals surface area contributed by atoms with Gasteiger partial charge in [-0.05, 0) is 38.5 Å². The summed E-state index contributed by atoms with van der Waals surface area (Å²) < 4.78 is 6.76. The van der Waals surface area contributed by atoms with Crippen molar-refractivity contribution in [1.82, 2.24) is 9.78 Å². The molecule has 6 nitrogen and oxygen atoms in total. The van der Waals surface area contributed by atoms with Gasteiger partial charge in [-0.3, -0.25) is 0 Å². The smallest absolute Gasteiger partial charge is 0.359 e. The Kier molecular flexibility index (Phi) is 3.61. The Morgan fingerprint density at radius 3 is 2.67 bits per heavy atom. The summed E-state index contributed by atoms with van der Waals surface area (Å²) in [6, 6.07) is 7.30. The molecule has 0 aliphatic carbocycles. The van der Waals surface area contributed by atoms with E-state index in [1.54, 1.807) is 19.2 Å². The molecule has 7 heteroatoms. The molecular weight excluding hydrogens is 302 g/mol. The van der Waals surface area contributed by atoms with Gasteiger partial charge in [0.25, 0.3) is 0 Å². The molecule has 0 N–H and O–H groups in total. The molecule has 0 radical (unpaired) electrons. The fourth-order valence-electron chi connectivity index (χ4n) is 1.56. The van der Waals surface area contributed by atoms with E-state index in [2.05, 4.69) is 21.0 Å². The van der Waals surface area contributed by atoms with Crippen molar-refractivity contribution in [2.75, 3.05) is 7.11 Å². The maximum absolute atomic E-state index is 10.9. The van der Waals surface area contributed by atoms with Crippen molar-refractivity contribution < 1.29 is 9.66 Å². The van der Waals surface area contributed by atoms with Gasteiger partial charge in [-0.1, -0.05) is 17.2 Å². The normalized spacial score (nSPS) is 10.3. The highest BCUT2D eigenvalue weighted by molar-refractivity contribution is 9.10.